The number of hydrogen-bond donors (Lipinski definition) is 2. The summed E-state index contributed by atoms with van der Waals surface area (Å²) < 4.78 is 5.97. The Morgan fingerprint density at radius 3 is 2.65 bits per heavy atom. The maximum Gasteiger partial charge on any atom is 0.191 e. The topological polar surface area (TPSA) is 61.8 Å². The number of rotatable bonds is 8. The molecule has 1 fully saturated rings. The molecular formula is C20H35N5O. The number of nitrogens with one attached hydrogen (secondary N) is 2. The van der Waals surface area contributed by atoms with E-state index in [9.17, 15) is 0 Å². The Hall–Kier alpha value is -1.82. The van der Waals surface area contributed by atoms with Gasteiger partial charge in [-0.05, 0) is 43.9 Å². The van der Waals surface area contributed by atoms with Crippen molar-refractivity contribution in [3.63, 3.8) is 0 Å². The summed E-state index contributed by atoms with van der Waals surface area (Å²) in [6.45, 7) is 8.10. The van der Waals surface area contributed by atoms with Gasteiger partial charge in [-0.1, -0.05) is 13.8 Å². The van der Waals surface area contributed by atoms with E-state index in [1.165, 1.54) is 5.56 Å². The lowest BCUT2D eigenvalue weighted by atomic mass is 9.58. The van der Waals surface area contributed by atoms with Crippen molar-refractivity contribution in [2.45, 2.75) is 58.7 Å². The summed E-state index contributed by atoms with van der Waals surface area (Å²) in [5.41, 5.74) is 1.38. The monoisotopic (exact) mass is 361 g/mol. The zero-order valence-corrected chi connectivity index (χ0v) is 17.2. The average Bonchev–Trinajstić information content (AvgIpc) is 2.64. The van der Waals surface area contributed by atoms with Crippen LogP contribution < -0.4 is 15.5 Å². The second kappa shape index (κ2) is 9.21. The molecule has 0 radical (unpaired) electrons. The fourth-order valence-corrected chi connectivity index (χ4v) is 3.94. The number of nitrogens with zero attached hydrogens (tertiary/aromatic N) is 3. The molecule has 6 heteroatoms. The number of anilines is 1. The Labute approximate surface area is 158 Å². The zero-order chi connectivity index (χ0) is 19.2. The third-order valence-corrected chi connectivity index (χ3v) is 5.73. The van der Waals surface area contributed by atoms with Crippen LogP contribution in [0.3, 0.4) is 0 Å². The lowest BCUT2D eigenvalue weighted by Crippen LogP contribution is -2.65. The van der Waals surface area contributed by atoms with Crippen molar-refractivity contribution in [3.8, 4) is 0 Å². The Morgan fingerprint density at radius 2 is 2.08 bits per heavy atom. The van der Waals surface area contributed by atoms with Crippen LogP contribution in [0.1, 0.15) is 45.6 Å². The zero-order valence-electron chi connectivity index (χ0n) is 17.2. The molecule has 2 N–H and O–H groups in total. The molecule has 1 aliphatic rings. The SMILES string of the molecule is CCOC1CC(NC(=NC)NCc2ccnc(N(C)C)c2)C1(CC)CC. The van der Waals surface area contributed by atoms with E-state index in [2.05, 4.69) is 47.4 Å². The Balaban J connectivity index is 1.97. The van der Waals surface area contributed by atoms with Crippen LogP contribution in [-0.4, -0.2) is 50.8 Å². The highest BCUT2D eigenvalue weighted by Crippen LogP contribution is 2.48. The quantitative estimate of drug-likeness (QED) is 0.551. The summed E-state index contributed by atoms with van der Waals surface area (Å²) in [5, 5.41) is 7.06. The van der Waals surface area contributed by atoms with Gasteiger partial charge in [0.1, 0.15) is 5.82 Å². The van der Waals surface area contributed by atoms with Gasteiger partial charge in [0.25, 0.3) is 0 Å². The normalized spacial score (nSPS) is 21.8. The predicted molar refractivity (Wildman–Crippen MR) is 109 cm³/mol. The summed E-state index contributed by atoms with van der Waals surface area (Å²) in [6.07, 6.45) is 5.45. The molecule has 6 nitrogen and oxygen atoms in total. The van der Waals surface area contributed by atoms with Gasteiger partial charge in [0.2, 0.25) is 0 Å². The van der Waals surface area contributed by atoms with E-state index in [1.54, 1.807) is 0 Å². The molecule has 0 bridgehead atoms. The van der Waals surface area contributed by atoms with Gasteiger partial charge in [-0.15, -0.1) is 0 Å². The van der Waals surface area contributed by atoms with Gasteiger partial charge in [0, 0.05) is 51.9 Å². The third kappa shape index (κ3) is 4.29. The van der Waals surface area contributed by atoms with Crippen molar-refractivity contribution < 1.29 is 4.74 Å². The number of ether oxygens (including phenoxy) is 1. The number of aliphatic imine (C=N–C) groups is 1. The highest BCUT2D eigenvalue weighted by atomic mass is 16.5. The molecule has 1 saturated carbocycles. The van der Waals surface area contributed by atoms with Gasteiger partial charge in [0.15, 0.2) is 5.96 Å². The number of aromatic nitrogens is 1. The van der Waals surface area contributed by atoms with Crippen LogP contribution in [0.15, 0.2) is 23.3 Å². The second-order valence-corrected chi connectivity index (χ2v) is 7.16. The van der Waals surface area contributed by atoms with E-state index in [1.807, 2.05) is 38.3 Å². The fourth-order valence-electron chi connectivity index (χ4n) is 3.94. The molecule has 1 aromatic heterocycles. The summed E-state index contributed by atoms with van der Waals surface area (Å²) >= 11 is 0. The minimum Gasteiger partial charge on any atom is -0.378 e. The molecule has 0 aliphatic heterocycles. The highest BCUT2D eigenvalue weighted by molar-refractivity contribution is 5.80. The van der Waals surface area contributed by atoms with Crippen molar-refractivity contribution in [2.24, 2.45) is 10.4 Å². The average molecular weight is 362 g/mol. The summed E-state index contributed by atoms with van der Waals surface area (Å²) in [5.74, 6) is 1.81. The molecule has 0 aromatic carbocycles. The Bertz CT molecular complexity index is 598. The Kier molecular flexibility index (Phi) is 7.26. The van der Waals surface area contributed by atoms with Crippen LogP contribution >= 0.6 is 0 Å². The van der Waals surface area contributed by atoms with E-state index in [-0.39, 0.29) is 5.41 Å². The van der Waals surface area contributed by atoms with Gasteiger partial charge < -0.3 is 20.3 Å². The molecule has 1 aliphatic carbocycles. The van der Waals surface area contributed by atoms with Gasteiger partial charge in [-0.3, -0.25) is 4.99 Å². The first kappa shape index (κ1) is 20.5. The van der Waals surface area contributed by atoms with Crippen LogP contribution in [0.2, 0.25) is 0 Å². The number of guanidine groups is 1. The smallest absolute Gasteiger partial charge is 0.191 e. The predicted octanol–water partition coefficient (Wildman–Crippen LogP) is 2.80. The summed E-state index contributed by atoms with van der Waals surface area (Å²) in [4.78, 5) is 10.8. The molecule has 0 saturated heterocycles. The molecule has 2 rings (SSSR count). The van der Waals surface area contributed by atoms with Gasteiger partial charge in [0.05, 0.1) is 6.10 Å². The van der Waals surface area contributed by atoms with E-state index in [0.29, 0.717) is 12.1 Å². The maximum absolute atomic E-state index is 5.97. The highest BCUT2D eigenvalue weighted by Gasteiger charge is 2.53. The van der Waals surface area contributed by atoms with Crippen LogP contribution in [0, 0.1) is 5.41 Å². The number of hydrogen-bond acceptors (Lipinski definition) is 4. The minimum atomic E-state index is 0.197. The first-order chi connectivity index (χ1) is 12.5. The molecule has 1 aromatic rings. The molecule has 0 amide bonds. The second-order valence-electron chi connectivity index (χ2n) is 7.16. The van der Waals surface area contributed by atoms with E-state index >= 15 is 0 Å². The maximum atomic E-state index is 5.97. The summed E-state index contributed by atoms with van der Waals surface area (Å²) in [7, 11) is 5.83. The first-order valence-electron chi connectivity index (χ1n) is 9.71. The molecular weight excluding hydrogens is 326 g/mol. The summed E-state index contributed by atoms with van der Waals surface area (Å²) in [6, 6.07) is 4.52. The largest absolute Gasteiger partial charge is 0.378 e. The van der Waals surface area contributed by atoms with Crippen molar-refractivity contribution in [2.75, 3.05) is 32.6 Å². The molecule has 2 unspecified atom stereocenters. The van der Waals surface area contributed by atoms with E-state index in [4.69, 9.17) is 4.74 Å². The van der Waals surface area contributed by atoms with Crippen LogP contribution in [-0.2, 0) is 11.3 Å². The van der Waals surface area contributed by atoms with Crippen LogP contribution in [0.5, 0.6) is 0 Å². The van der Waals surface area contributed by atoms with Crippen LogP contribution in [0.4, 0.5) is 5.82 Å². The molecule has 2 atom stereocenters. The van der Waals surface area contributed by atoms with Crippen molar-refractivity contribution in [1.82, 2.24) is 15.6 Å². The van der Waals surface area contributed by atoms with Gasteiger partial charge >= 0.3 is 0 Å². The molecule has 26 heavy (non-hydrogen) atoms. The molecule has 0 spiro atoms. The van der Waals surface area contributed by atoms with Crippen molar-refractivity contribution in [1.29, 1.82) is 0 Å². The lowest BCUT2D eigenvalue weighted by molar-refractivity contribution is -0.133. The number of pyridine rings is 1. The Morgan fingerprint density at radius 1 is 1.35 bits per heavy atom. The van der Waals surface area contributed by atoms with Gasteiger partial charge in [-0.2, -0.15) is 0 Å². The molecule has 146 valence electrons. The minimum absolute atomic E-state index is 0.197. The third-order valence-electron chi connectivity index (χ3n) is 5.73. The van der Waals surface area contributed by atoms with Crippen molar-refractivity contribution in [3.05, 3.63) is 23.9 Å². The van der Waals surface area contributed by atoms with Crippen LogP contribution in [0.25, 0.3) is 0 Å². The lowest BCUT2D eigenvalue weighted by Gasteiger charge is -2.55. The fraction of sp³-hybridized carbons (Fsp3) is 0.700. The molecule has 1 heterocycles. The van der Waals surface area contributed by atoms with Crippen molar-refractivity contribution >= 4 is 11.8 Å². The standard InChI is InChI=1S/C20H35N5O/c1-7-20(8-2)16(13-17(20)26-9-3)24-19(21-4)23-14-15-10-11-22-18(12-15)25(5)6/h10-12,16-17H,7-9,13-14H2,1-6H3,(H2,21,23,24). The van der Waals surface area contributed by atoms with Gasteiger partial charge in [-0.25, -0.2) is 4.98 Å². The first-order valence-corrected chi connectivity index (χ1v) is 9.71. The van der Waals surface area contributed by atoms with E-state index in [0.717, 1.165) is 44.2 Å². The van der Waals surface area contributed by atoms with E-state index < -0.39 is 0 Å².